The molecule has 0 radical (unpaired) electrons. The quantitative estimate of drug-likeness (QED) is 0.631. The van der Waals surface area contributed by atoms with Crippen molar-refractivity contribution in [1.29, 1.82) is 0 Å². The summed E-state index contributed by atoms with van der Waals surface area (Å²) >= 11 is 6.84. The fourth-order valence-corrected chi connectivity index (χ4v) is 2.85. The molecule has 0 amide bonds. The zero-order chi connectivity index (χ0) is 15.4. The van der Waals surface area contributed by atoms with Crippen molar-refractivity contribution in [2.75, 3.05) is 27.4 Å². The fraction of sp³-hybridized carbons (Fsp3) is 0.500. The van der Waals surface area contributed by atoms with Gasteiger partial charge in [0.25, 0.3) is 0 Å². The lowest BCUT2D eigenvalue weighted by molar-refractivity contribution is -0.156. The summed E-state index contributed by atoms with van der Waals surface area (Å²) < 4.78 is 23.0. The molecule has 1 aromatic carbocycles. The Bertz CT molecular complexity index is 520. The van der Waals surface area contributed by atoms with Crippen LogP contribution in [0.3, 0.4) is 0 Å². The first-order chi connectivity index (χ1) is 10.1. The summed E-state index contributed by atoms with van der Waals surface area (Å²) in [4.78, 5) is 11.6. The molecule has 1 saturated carbocycles. The van der Waals surface area contributed by atoms with Crippen molar-refractivity contribution in [3.63, 3.8) is 0 Å². The van der Waals surface area contributed by atoms with E-state index in [0.29, 0.717) is 31.1 Å². The average Bonchev–Trinajstić information content (AvgIpc) is 2.46. The number of hydrogen-bond acceptors (Lipinski definition) is 5. The molecule has 0 heterocycles. The van der Waals surface area contributed by atoms with Crippen LogP contribution in [-0.4, -0.2) is 45.4 Å². The topological polar surface area (TPSA) is 54.0 Å². The van der Waals surface area contributed by atoms with E-state index in [1.54, 1.807) is 26.4 Å². The Kier molecular flexibility index (Phi) is 6.04. The van der Waals surface area contributed by atoms with E-state index in [9.17, 15) is 4.79 Å². The highest BCUT2D eigenvalue weighted by atomic mass is 79.9. The summed E-state index contributed by atoms with van der Waals surface area (Å²) in [6.45, 7) is 0.828. The van der Waals surface area contributed by atoms with Crippen molar-refractivity contribution >= 4 is 37.6 Å². The summed E-state index contributed by atoms with van der Waals surface area (Å²) in [6, 6.07) is 3.61. The largest absolute Gasteiger partial charge is 0.496 e. The summed E-state index contributed by atoms with van der Waals surface area (Å²) in [7, 11) is 3.18. The fourth-order valence-electron chi connectivity index (χ4n) is 1.95. The molecule has 116 valence electrons. The van der Waals surface area contributed by atoms with Crippen LogP contribution >= 0.6 is 31.9 Å². The van der Waals surface area contributed by atoms with Crippen LogP contribution in [0.15, 0.2) is 21.1 Å². The smallest absolute Gasteiger partial charge is 0.169 e. The first-order valence-electron chi connectivity index (χ1n) is 6.39. The van der Waals surface area contributed by atoms with E-state index in [1.165, 1.54) is 0 Å². The van der Waals surface area contributed by atoms with Crippen LogP contribution in [0.4, 0.5) is 0 Å². The highest BCUT2D eigenvalue weighted by molar-refractivity contribution is 9.11. The standard InChI is InChI=1S/C14H16Br2O5/c1-18-3-4-20-14-10(17)7-13(14)21-12-6-8(15)11(19-2)5-9(12)16/h5-6,13-14H,3-4,7H2,1-2H3. The highest BCUT2D eigenvalue weighted by Gasteiger charge is 2.43. The van der Waals surface area contributed by atoms with Gasteiger partial charge in [-0.2, -0.15) is 0 Å². The molecule has 0 spiro atoms. The van der Waals surface area contributed by atoms with E-state index >= 15 is 0 Å². The van der Waals surface area contributed by atoms with Gasteiger partial charge in [-0.25, -0.2) is 0 Å². The average molecular weight is 424 g/mol. The third-order valence-corrected chi connectivity index (χ3v) is 4.37. The predicted molar refractivity (Wildman–Crippen MR) is 84.1 cm³/mol. The summed E-state index contributed by atoms with van der Waals surface area (Å²) in [5, 5.41) is 0. The van der Waals surface area contributed by atoms with E-state index < -0.39 is 6.10 Å². The number of carbonyl (C=O) groups is 1. The minimum atomic E-state index is -0.520. The minimum absolute atomic E-state index is 0.0554. The number of Topliss-reactive ketones (excluding diaryl/α,β-unsaturated/α-hetero) is 1. The second-order valence-corrected chi connectivity index (χ2v) is 6.24. The Morgan fingerprint density at radius 3 is 2.43 bits per heavy atom. The van der Waals surface area contributed by atoms with E-state index in [2.05, 4.69) is 31.9 Å². The van der Waals surface area contributed by atoms with Crippen LogP contribution in [0.5, 0.6) is 11.5 Å². The number of ketones is 1. The van der Waals surface area contributed by atoms with Crippen molar-refractivity contribution in [3.05, 3.63) is 21.1 Å². The van der Waals surface area contributed by atoms with Gasteiger partial charge < -0.3 is 18.9 Å². The molecule has 0 bridgehead atoms. The van der Waals surface area contributed by atoms with Gasteiger partial charge in [-0.1, -0.05) is 0 Å². The molecule has 0 aromatic heterocycles. The Hall–Kier alpha value is -0.630. The van der Waals surface area contributed by atoms with Gasteiger partial charge in [-0.15, -0.1) is 0 Å². The van der Waals surface area contributed by atoms with Crippen molar-refractivity contribution in [2.45, 2.75) is 18.6 Å². The predicted octanol–water partition coefficient (Wildman–Crippen LogP) is 2.97. The minimum Gasteiger partial charge on any atom is -0.496 e. The summed E-state index contributed by atoms with van der Waals surface area (Å²) in [6.07, 6.45) is -0.438. The maximum Gasteiger partial charge on any atom is 0.169 e. The molecule has 2 unspecified atom stereocenters. The first kappa shape index (κ1) is 16.7. The number of hydrogen-bond donors (Lipinski definition) is 0. The number of ether oxygens (including phenoxy) is 4. The summed E-state index contributed by atoms with van der Waals surface area (Å²) in [5.74, 6) is 1.40. The van der Waals surface area contributed by atoms with Gasteiger partial charge in [0.2, 0.25) is 0 Å². The van der Waals surface area contributed by atoms with E-state index in [-0.39, 0.29) is 11.9 Å². The van der Waals surface area contributed by atoms with Crippen LogP contribution in [0.2, 0.25) is 0 Å². The molecule has 0 saturated heterocycles. The zero-order valence-electron chi connectivity index (χ0n) is 11.7. The van der Waals surface area contributed by atoms with E-state index in [4.69, 9.17) is 18.9 Å². The Morgan fingerprint density at radius 1 is 1.14 bits per heavy atom. The van der Waals surface area contributed by atoms with Gasteiger partial charge in [0, 0.05) is 13.5 Å². The first-order valence-corrected chi connectivity index (χ1v) is 7.98. The molecule has 21 heavy (non-hydrogen) atoms. The summed E-state index contributed by atoms with van der Waals surface area (Å²) in [5.41, 5.74) is 0. The molecule has 1 aliphatic rings. The number of methoxy groups -OCH3 is 2. The van der Waals surface area contributed by atoms with Gasteiger partial charge in [0.15, 0.2) is 11.9 Å². The van der Waals surface area contributed by atoms with Gasteiger partial charge in [0.1, 0.15) is 17.6 Å². The number of halogens is 2. The Balaban J connectivity index is 2.01. The maximum atomic E-state index is 11.6. The van der Waals surface area contributed by atoms with Crippen molar-refractivity contribution in [1.82, 2.24) is 0 Å². The number of carbonyl (C=O) groups excluding carboxylic acids is 1. The third kappa shape index (κ3) is 3.97. The van der Waals surface area contributed by atoms with E-state index in [1.807, 2.05) is 0 Å². The third-order valence-electron chi connectivity index (χ3n) is 3.13. The molecule has 5 nitrogen and oxygen atoms in total. The van der Waals surface area contributed by atoms with Crippen LogP contribution in [0, 0.1) is 0 Å². The van der Waals surface area contributed by atoms with Crippen LogP contribution in [-0.2, 0) is 14.3 Å². The molecule has 1 fully saturated rings. The molecule has 2 atom stereocenters. The SMILES string of the molecule is COCCOC1C(=O)CC1Oc1cc(Br)c(OC)cc1Br. The molecule has 0 aliphatic heterocycles. The van der Waals surface area contributed by atoms with Gasteiger partial charge in [-0.05, 0) is 44.0 Å². The highest BCUT2D eigenvalue weighted by Crippen LogP contribution is 2.38. The molecule has 1 aliphatic carbocycles. The van der Waals surface area contributed by atoms with Crippen LogP contribution < -0.4 is 9.47 Å². The molecule has 0 N–H and O–H groups in total. The van der Waals surface area contributed by atoms with Crippen molar-refractivity contribution in [2.24, 2.45) is 0 Å². The lowest BCUT2D eigenvalue weighted by Crippen LogP contribution is -2.52. The normalized spacial score (nSPS) is 21.0. The van der Waals surface area contributed by atoms with Crippen LogP contribution in [0.25, 0.3) is 0 Å². The van der Waals surface area contributed by atoms with Crippen LogP contribution in [0.1, 0.15) is 6.42 Å². The second kappa shape index (κ2) is 7.58. The molecular weight excluding hydrogens is 408 g/mol. The Morgan fingerprint density at radius 2 is 1.81 bits per heavy atom. The monoisotopic (exact) mass is 422 g/mol. The zero-order valence-corrected chi connectivity index (χ0v) is 14.9. The Labute approximate surface area is 140 Å². The molecular formula is C14H16Br2O5. The maximum absolute atomic E-state index is 11.6. The molecule has 2 rings (SSSR count). The van der Waals surface area contributed by atoms with Crippen molar-refractivity contribution < 1.29 is 23.7 Å². The molecule has 7 heteroatoms. The molecule has 1 aromatic rings. The van der Waals surface area contributed by atoms with Gasteiger partial charge >= 0.3 is 0 Å². The van der Waals surface area contributed by atoms with Gasteiger partial charge in [-0.3, -0.25) is 4.79 Å². The lowest BCUT2D eigenvalue weighted by Gasteiger charge is -2.35. The van der Waals surface area contributed by atoms with Crippen molar-refractivity contribution in [3.8, 4) is 11.5 Å². The number of rotatable bonds is 7. The number of benzene rings is 1. The second-order valence-electron chi connectivity index (χ2n) is 4.53. The van der Waals surface area contributed by atoms with E-state index in [0.717, 1.165) is 8.95 Å². The van der Waals surface area contributed by atoms with Gasteiger partial charge in [0.05, 0.1) is 29.3 Å². The lowest BCUT2D eigenvalue weighted by atomic mass is 9.90.